The summed E-state index contributed by atoms with van der Waals surface area (Å²) in [6, 6.07) is -0.637. The van der Waals surface area contributed by atoms with E-state index < -0.39 is 6.04 Å². The Morgan fingerprint density at radius 1 is 1.58 bits per heavy atom. The van der Waals surface area contributed by atoms with Gasteiger partial charge in [-0.1, -0.05) is 0 Å². The van der Waals surface area contributed by atoms with Crippen LogP contribution in [0, 0.1) is 0 Å². The molecule has 0 saturated heterocycles. The first kappa shape index (κ1) is 11.1. The maximum Gasteiger partial charge on any atom is 0.228 e. The monoisotopic (exact) mass is 192 g/mol. The van der Waals surface area contributed by atoms with Gasteiger partial charge < -0.3 is 22.0 Å². The Balaban J connectivity index is 3.44. The first-order chi connectivity index (χ1) is 5.54. The molecule has 0 radical (unpaired) electrons. The second-order valence-electron chi connectivity index (χ2n) is 2.08. The number of guanidine groups is 1. The van der Waals surface area contributed by atoms with Crippen molar-refractivity contribution in [3.63, 3.8) is 0 Å². The topological polar surface area (TPSA) is 117 Å². The highest BCUT2D eigenvalue weighted by atomic mass is 32.1. The molecule has 0 rings (SSSR count). The van der Waals surface area contributed by atoms with E-state index in [-0.39, 0.29) is 17.7 Å². The highest BCUT2D eigenvalue weighted by Crippen LogP contribution is 1.93. The smallest absolute Gasteiger partial charge is 0.228 e. The maximum atomic E-state index is 10.5. The molecule has 0 aromatic carbocycles. The van der Waals surface area contributed by atoms with Crippen molar-refractivity contribution in [3.8, 4) is 0 Å². The van der Waals surface area contributed by atoms with Gasteiger partial charge in [-0.25, -0.2) is 0 Å². The molecule has 0 aliphatic rings. The summed E-state index contributed by atoms with van der Waals surface area (Å²) in [6.07, 6.45) is 0.332. The third-order valence-corrected chi connectivity index (χ3v) is 1.34. The Morgan fingerprint density at radius 2 is 2.17 bits per heavy atom. The minimum atomic E-state index is -0.637. The number of nitrogens with zero attached hydrogens (tertiary/aromatic N) is 1. The van der Waals surface area contributed by atoms with Gasteiger partial charge in [0.2, 0.25) is 11.1 Å². The van der Waals surface area contributed by atoms with Gasteiger partial charge in [-0.2, -0.15) is 0 Å². The number of thiol groups is 1. The molecule has 0 spiro atoms. The van der Waals surface area contributed by atoms with Crippen molar-refractivity contribution >= 4 is 23.7 Å². The van der Waals surface area contributed by atoms with Gasteiger partial charge in [0.1, 0.15) is 6.61 Å². The van der Waals surface area contributed by atoms with Crippen molar-refractivity contribution in [1.29, 1.82) is 0 Å². The van der Waals surface area contributed by atoms with Crippen LogP contribution in [-0.2, 0) is 9.63 Å². The summed E-state index contributed by atoms with van der Waals surface area (Å²) >= 11 is 3.53. The van der Waals surface area contributed by atoms with Crippen LogP contribution in [-0.4, -0.2) is 23.7 Å². The second-order valence-corrected chi connectivity index (χ2v) is 2.52. The fourth-order valence-corrected chi connectivity index (χ4v) is 0.552. The van der Waals surface area contributed by atoms with E-state index >= 15 is 0 Å². The van der Waals surface area contributed by atoms with Gasteiger partial charge >= 0.3 is 0 Å². The molecule has 0 saturated carbocycles. The standard InChI is InChI=1S/C5H12N4O2S/c6-3(4(10)12)1-2-11-9-5(7)8/h3H,1-2,6H2,(H,10,12)(H4,7,8,9)/t3-/m0/s1. The summed E-state index contributed by atoms with van der Waals surface area (Å²) in [6.45, 7) is 0.186. The number of nitrogens with two attached hydrogens (primary N) is 3. The Kier molecular flexibility index (Phi) is 5.22. The lowest BCUT2D eigenvalue weighted by Gasteiger charge is -2.04. The van der Waals surface area contributed by atoms with E-state index in [9.17, 15) is 4.79 Å². The molecule has 6 N–H and O–H groups in total. The predicted molar refractivity (Wildman–Crippen MR) is 48.3 cm³/mol. The molecule has 1 atom stereocenters. The minimum absolute atomic E-state index is 0.166. The Hall–Kier alpha value is -0.950. The Labute approximate surface area is 75.5 Å². The van der Waals surface area contributed by atoms with Crippen molar-refractivity contribution < 1.29 is 9.63 Å². The van der Waals surface area contributed by atoms with Gasteiger partial charge in [0.25, 0.3) is 0 Å². The van der Waals surface area contributed by atoms with Gasteiger partial charge in [0.15, 0.2) is 0 Å². The zero-order valence-corrected chi connectivity index (χ0v) is 7.33. The van der Waals surface area contributed by atoms with E-state index in [0.29, 0.717) is 6.42 Å². The second kappa shape index (κ2) is 5.67. The Morgan fingerprint density at radius 3 is 2.58 bits per heavy atom. The third-order valence-electron chi connectivity index (χ3n) is 1.01. The van der Waals surface area contributed by atoms with Gasteiger partial charge in [0, 0.05) is 6.42 Å². The average molecular weight is 192 g/mol. The van der Waals surface area contributed by atoms with Crippen LogP contribution in [0.25, 0.3) is 0 Å². The van der Waals surface area contributed by atoms with E-state index in [0.717, 1.165) is 0 Å². The molecular formula is C5H12N4O2S. The van der Waals surface area contributed by atoms with E-state index in [1.807, 2.05) is 0 Å². The van der Waals surface area contributed by atoms with Gasteiger partial charge in [0.05, 0.1) is 6.04 Å². The lowest BCUT2D eigenvalue weighted by Crippen LogP contribution is -2.28. The highest BCUT2D eigenvalue weighted by Gasteiger charge is 2.07. The van der Waals surface area contributed by atoms with E-state index in [1.165, 1.54) is 0 Å². The summed E-state index contributed by atoms with van der Waals surface area (Å²) in [5.74, 6) is -0.166. The van der Waals surface area contributed by atoms with E-state index in [2.05, 4.69) is 22.6 Å². The number of carbonyl (C=O) groups excluding carboxylic acids is 1. The molecule has 7 heteroatoms. The molecule has 0 aromatic heterocycles. The molecule has 70 valence electrons. The lowest BCUT2D eigenvalue weighted by molar-refractivity contribution is -0.112. The normalized spacial score (nSPS) is 11.8. The van der Waals surface area contributed by atoms with Crippen LogP contribution < -0.4 is 17.2 Å². The quantitative estimate of drug-likeness (QED) is 0.137. The van der Waals surface area contributed by atoms with E-state index in [4.69, 9.17) is 17.2 Å². The highest BCUT2D eigenvalue weighted by molar-refractivity contribution is 7.96. The summed E-state index contributed by atoms with van der Waals surface area (Å²) in [5.41, 5.74) is 15.2. The number of hydrogen-bond acceptors (Lipinski definition) is 4. The minimum Gasteiger partial charge on any atom is -0.393 e. The first-order valence-electron chi connectivity index (χ1n) is 3.23. The van der Waals surface area contributed by atoms with E-state index in [1.54, 1.807) is 0 Å². The summed E-state index contributed by atoms with van der Waals surface area (Å²) < 4.78 is 0. The number of oxime groups is 1. The maximum absolute atomic E-state index is 10.5. The zero-order chi connectivity index (χ0) is 9.56. The summed E-state index contributed by atoms with van der Waals surface area (Å²) in [5, 5.41) is 2.85. The van der Waals surface area contributed by atoms with Crippen LogP contribution in [0.1, 0.15) is 6.42 Å². The van der Waals surface area contributed by atoms with Crippen molar-refractivity contribution in [2.24, 2.45) is 22.4 Å². The molecule has 0 amide bonds. The first-order valence-corrected chi connectivity index (χ1v) is 3.68. The third kappa shape index (κ3) is 5.81. The van der Waals surface area contributed by atoms with Crippen LogP contribution >= 0.6 is 12.6 Å². The van der Waals surface area contributed by atoms with Crippen molar-refractivity contribution in [2.75, 3.05) is 6.61 Å². The zero-order valence-electron chi connectivity index (χ0n) is 6.43. The average Bonchev–Trinajstić information content (AvgIpc) is 1.97. The molecular weight excluding hydrogens is 180 g/mol. The molecule has 6 nitrogen and oxygen atoms in total. The summed E-state index contributed by atoms with van der Waals surface area (Å²) in [4.78, 5) is 15.1. The molecule has 0 aromatic rings. The fraction of sp³-hybridized carbons (Fsp3) is 0.600. The van der Waals surface area contributed by atoms with Gasteiger partial charge in [-0.05, 0) is 5.16 Å². The van der Waals surface area contributed by atoms with Crippen LogP contribution in [0.3, 0.4) is 0 Å². The van der Waals surface area contributed by atoms with Crippen LogP contribution in [0.15, 0.2) is 5.16 Å². The molecule has 0 heterocycles. The molecule has 0 unspecified atom stereocenters. The molecule has 12 heavy (non-hydrogen) atoms. The molecule has 0 fully saturated rings. The van der Waals surface area contributed by atoms with Crippen LogP contribution in [0.2, 0.25) is 0 Å². The van der Waals surface area contributed by atoms with Crippen molar-refractivity contribution in [3.05, 3.63) is 0 Å². The largest absolute Gasteiger partial charge is 0.393 e. The van der Waals surface area contributed by atoms with Gasteiger partial charge in [-0.3, -0.25) is 4.79 Å². The Bertz CT molecular complexity index is 180. The SMILES string of the molecule is NC(N)=NOCC[C@H](N)C(=O)S. The summed E-state index contributed by atoms with van der Waals surface area (Å²) in [7, 11) is 0. The number of hydrogen-bond donors (Lipinski definition) is 4. The number of carbonyl (C=O) groups is 1. The van der Waals surface area contributed by atoms with Crippen LogP contribution in [0.5, 0.6) is 0 Å². The van der Waals surface area contributed by atoms with Crippen LogP contribution in [0.4, 0.5) is 0 Å². The lowest BCUT2D eigenvalue weighted by atomic mass is 10.2. The predicted octanol–water partition coefficient (Wildman–Crippen LogP) is -1.63. The molecule has 0 aliphatic heterocycles. The van der Waals surface area contributed by atoms with Gasteiger partial charge in [-0.15, -0.1) is 12.6 Å². The fourth-order valence-electron chi connectivity index (χ4n) is 0.423. The molecule has 0 aliphatic carbocycles. The van der Waals surface area contributed by atoms with Crippen molar-refractivity contribution in [2.45, 2.75) is 12.5 Å². The number of rotatable bonds is 5. The van der Waals surface area contributed by atoms with Crippen molar-refractivity contribution in [1.82, 2.24) is 0 Å². The molecule has 0 bridgehead atoms.